The number of carbonyl (C=O) groups excluding carboxylic acids is 1. The minimum atomic E-state index is -0.384. The lowest BCUT2D eigenvalue weighted by Crippen LogP contribution is -2.08. The molecule has 0 spiro atoms. The van der Waals surface area contributed by atoms with Gasteiger partial charge in [0, 0.05) is 11.6 Å². The Morgan fingerprint density at radius 3 is 2.66 bits per heavy atom. The first kappa shape index (κ1) is 18.7. The SMILES string of the molecule is COc1ccc(CC(=O)OCc2cc(-c3ccc4c(c3)OCO4)on2)cc1OC. The summed E-state index contributed by atoms with van der Waals surface area (Å²) >= 11 is 0. The lowest BCUT2D eigenvalue weighted by Gasteiger charge is -2.09. The first-order valence-corrected chi connectivity index (χ1v) is 8.88. The van der Waals surface area contributed by atoms with Crippen LogP contribution in [0.15, 0.2) is 47.0 Å². The van der Waals surface area contributed by atoms with E-state index in [2.05, 4.69) is 5.16 Å². The number of fused-ring (bicyclic) bond motifs is 1. The van der Waals surface area contributed by atoms with Gasteiger partial charge in [0.2, 0.25) is 6.79 Å². The number of nitrogens with zero attached hydrogens (tertiary/aromatic N) is 1. The molecular formula is C21H19NO7. The smallest absolute Gasteiger partial charge is 0.310 e. The van der Waals surface area contributed by atoms with E-state index in [0.29, 0.717) is 34.5 Å². The molecule has 0 unspecified atom stereocenters. The van der Waals surface area contributed by atoms with E-state index in [1.807, 2.05) is 18.2 Å². The standard InChI is InChI=1S/C21H19NO7/c1-24-16-5-3-13(7-19(16)25-2)8-21(23)26-11-15-10-18(29-22-15)14-4-6-17-20(9-14)28-12-27-17/h3-7,9-10H,8,11-12H2,1-2H3. The monoisotopic (exact) mass is 397 g/mol. The lowest BCUT2D eigenvalue weighted by atomic mass is 10.1. The van der Waals surface area contributed by atoms with Gasteiger partial charge >= 0.3 is 5.97 Å². The van der Waals surface area contributed by atoms with Crippen LogP contribution < -0.4 is 18.9 Å². The van der Waals surface area contributed by atoms with Crippen LogP contribution in [0.5, 0.6) is 23.0 Å². The van der Waals surface area contributed by atoms with Crippen molar-refractivity contribution in [1.82, 2.24) is 5.16 Å². The molecule has 1 aromatic heterocycles. The van der Waals surface area contributed by atoms with Crippen LogP contribution >= 0.6 is 0 Å². The number of benzene rings is 2. The van der Waals surface area contributed by atoms with Gasteiger partial charge in [-0.25, -0.2) is 0 Å². The van der Waals surface area contributed by atoms with Crippen molar-refractivity contribution in [2.45, 2.75) is 13.0 Å². The maximum Gasteiger partial charge on any atom is 0.310 e. The molecule has 2 aromatic carbocycles. The van der Waals surface area contributed by atoms with Crippen molar-refractivity contribution in [3.05, 3.63) is 53.7 Å². The first-order valence-electron chi connectivity index (χ1n) is 8.88. The average Bonchev–Trinajstić information content (AvgIpc) is 3.41. The summed E-state index contributed by atoms with van der Waals surface area (Å²) in [6.45, 7) is 0.219. The summed E-state index contributed by atoms with van der Waals surface area (Å²) < 4.78 is 31.7. The molecule has 1 aliphatic heterocycles. The summed E-state index contributed by atoms with van der Waals surface area (Å²) in [5.41, 5.74) is 2.07. The number of rotatable bonds is 7. The van der Waals surface area contributed by atoms with Gasteiger partial charge in [0.05, 0.1) is 20.6 Å². The van der Waals surface area contributed by atoms with Crippen molar-refractivity contribution >= 4 is 5.97 Å². The Morgan fingerprint density at radius 2 is 1.83 bits per heavy atom. The number of methoxy groups -OCH3 is 2. The molecule has 0 bridgehead atoms. The summed E-state index contributed by atoms with van der Waals surface area (Å²) in [5.74, 6) is 2.67. The maximum absolute atomic E-state index is 12.2. The van der Waals surface area contributed by atoms with E-state index in [0.717, 1.165) is 11.1 Å². The molecule has 0 saturated carbocycles. The molecule has 2 heterocycles. The number of carbonyl (C=O) groups is 1. The third-order valence-electron chi connectivity index (χ3n) is 4.39. The normalized spacial score (nSPS) is 11.9. The summed E-state index contributed by atoms with van der Waals surface area (Å²) in [4.78, 5) is 12.2. The van der Waals surface area contributed by atoms with E-state index in [4.69, 9.17) is 28.2 Å². The fraction of sp³-hybridized carbons (Fsp3) is 0.238. The van der Waals surface area contributed by atoms with Crippen molar-refractivity contribution < 1.29 is 33.0 Å². The van der Waals surface area contributed by atoms with Crippen LogP contribution in [0.2, 0.25) is 0 Å². The fourth-order valence-corrected chi connectivity index (χ4v) is 2.93. The zero-order chi connectivity index (χ0) is 20.2. The van der Waals surface area contributed by atoms with Crippen molar-refractivity contribution in [2.75, 3.05) is 21.0 Å². The Hall–Kier alpha value is -3.68. The number of aromatic nitrogens is 1. The van der Waals surface area contributed by atoms with Crippen LogP contribution in [-0.4, -0.2) is 32.1 Å². The number of ether oxygens (including phenoxy) is 5. The third-order valence-corrected chi connectivity index (χ3v) is 4.39. The topological polar surface area (TPSA) is 89.3 Å². The lowest BCUT2D eigenvalue weighted by molar-refractivity contribution is -0.144. The van der Waals surface area contributed by atoms with Gasteiger partial charge in [-0.05, 0) is 35.9 Å². The number of hydrogen-bond donors (Lipinski definition) is 0. The molecule has 8 heteroatoms. The Bertz CT molecular complexity index is 1030. The molecular weight excluding hydrogens is 378 g/mol. The van der Waals surface area contributed by atoms with Crippen molar-refractivity contribution in [2.24, 2.45) is 0 Å². The maximum atomic E-state index is 12.2. The molecule has 0 N–H and O–H groups in total. The van der Waals surface area contributed by atoms with Gasteiger partial charge in [0.25, 0.3) is 0 Å². The van der Waals surface area contributed by atoms with Crippen molar-refractivity contribution in [3.63, 3.8) is 0 Å². The quantitative estimate of drug-likeness (QED) is 0.561. The second-order valence-corrected chi connectivity index (χ2v) is 6.28. The van der Waals surface area contributed by atoms with E-state index in [1.165, 1.54) is 0 Å². The van der Waals surface area contributed by atoms with Gasteiger partial charge < -0.3 is 28.2 Å². The summed E-state index contributed by atoms with van der Waals surface area (Å²) in [6.07, 6.45) is 0.104. The number of esters is 1. The second kappa shape index (κ2) is 8.14. The first-order chi connectivity index (χ1) is 14.2. The van der Waals surface area contributed by atoms with Gasteiger partial charge in [-0.15, -0.1) is 0 Å². The van der Waals surface area contributed by atoms with Crippen LogP contribution in [0.1, 0.15) is 11.3 Å². The fourth-order valence-electron chi connectivity index (χ4n) is 2.93. The minimum absolute atomic E-state index is 0.0141. The Morgan fingerprint density at radius 1 is 1.00 bits per heavy atom. The predicted molar refractivity (Wildman–Crippen MR) is 101 cm³/mol. The highest BCUT2D eigenvalue weighted by Gasteiger charge is 2.16. The van der Waals surface area contributed by atoms with Crippen molar-refractivity contribution in [1.29, 1.82) is 0 Å². The largest absolute Gasteiger partial charge is 0.493 e. The van der Waals surface area contributed by atoms with E-state index in [-0.39, 0.29) is 25.8 Å². The van der Waals surface area contributed by atoms with Crippen LogP contribution in [-0.2, 0) is 22.6 Å². The highest BCUT2D eigenvalue weighted by atomic mass is 16.7. The molecule has 8 nitrogen and oxygen atoms in total. The second-order valence-electron chi connectivity index (χ2n) is 6.28. The highest BCUT2D eigenvalue weighted by Crippen LogP contribution is 2.36. The number of hydrogen-bond acceptors (Lipinski definition) is 8. The molecule has 4 rings (SSSR count). The van der Waals surface area contributed by atoms with E-state index < -0.39 is 0 Å². The molecule has 1 aliphatic rings. The zero-order valence-corrected chi connectivity index (χ0v) is 16.0. The van der Waals surface area contributed by atoms with E-state index in [1.54, 1.807) is 38.5 Å². The van der Waals surface area contributed by atoms with Gasteiger partial charge in [0.15, 0.2) is 28.8 Å². The van der Waals surface area contributed by atoms with Crippen molar-refractivity contribution in [3.8, 4) is 34.3 Å². The third kappa shape index (κ3) is 4.11. The molecule has 0 aliphatic carbocycles. The predicted octanol–water partition coefficient (Wildman–Crippen LogP) is 3.37. The minimum Gasteiger partial charge on any atom is -0.493 e. The molecule has 0 saturated heterocycles. The summed E-state index contributed by atoms with van der Waals surface area (Å²) in [6, 6.07) is 12.5. The highest BCUT2D eigenvalue weighted by molar-refractivity contribution is 5.73. The van der Waals surface area contributed by atoms with Gasteiger partial charge in [-0.2, -0.15) is 0 Å². The van der Waals surface area contributed by atoms with E-state index >= 15 is 0 Å². The molecule has 0 fully saturated rings. The summed E-state index contributed by atoms with van der Waals surface area (Å²) in [5, 5.41) is 3.95. The van der Waals surface area contributed by atoms with Gasteiger partial charge in [-0.1, -0.05) is 11.2 Å². The van der Waals surface area contributed by atoms with Crippen LogP contribution in [0, 0.1) is 0 Å². The van der Waals surface area contributed by atoms with Crippen LogP contribution in [0.4, 0.5) is 0 Å². The van der Waals surface area contributed by atoms with E-state index in [9.17, 15) is 4.79 Å². The van der Waals surface area contributed by atoms with Crippen LogP contribution in [0.25, 0.3) is 11.3 Å². The summed E-state index contributed by atoms with van der Waals surface area (Å²) in [7, 11) is 3.10. The molecule has 29 heavy (non-hydrogen) atoms. The van der Waals surface area contributed by atoms with Gasteiger partial charge in [-0.3, -0.25) is 4.79 Å². The molecule has 150 valence electrons. The Kier molecular flexibility index (Phi) is 5.24. The zero-order valence-electron chi connectivity index (χ0n) is 16.0. The Balaban J connectivity index is 1.35. The van der Waals surface area contributed by atoms with Crippen LogP contribution in [0.3, 0.4) is 0 Å². The molecule has 0 radical (unpaired) electrons. The molecule has 0 atom stereocenters. The molecule has 0 amide bonds. The average molecular weight is 397 g/mol. The molecule has 3 aromatic rings. The Labute approximate surface area is 166 Å². The van der Waals surface area contributed by atoms with Gasteiger partial charge in [0.1, 0.15) is 12.3 Å².